The molecule has 1 unspecified atom stereocenters. The molecule has 2 bridgehead atoms. The fourth-order valence-electron chi connectivity index (χ4n) is 3.96. The highest BCUT2D eigenvalue weighted by Gasteiger charge is 2.83. The third-order valence-electron chi connectivity index (χ3n) is 5.41. The number of esters is 1. The molecule has 1 atom stereocenters. The van der Waals surface area contributed by atoms with Crippen molar-refractivity contribution in [1.29, 1.82) is 0 Å². The molecule has 3 fully saturated rings. The van der Waals surface area contributed by atoms with Crippen LogP contribution in [0.4, 0.5) is 0 Å². The second-order valence-corrected chi connectivity index (χ2v) is 7.91. The first-order valence-electron chi connectivity index (χ1n) is 8.39. The number of nitrogens with zero attached hydrogens (tertiary/aromatic N) is 1. The van der Waals surface area contributed by atoms with Gasteiger partial charge < -0.3 is 9.57 Å². The Morgan fingerprint density at radius 2 is 1.65 bits per heavy atom. The molecule has 136 valence electrons. The lowest BCUT2D eigenvalue weighted by Gasteiger charge is -2.70. The summed E-state index contributed by atoms with van der Waals surface area (Å²) in [5.74, 6) is -2.32. The maximum Gasteiger partial charge on any atom is 0.340 e. The molecular formula is C18H16BrNO6. The van der Waals surface area contributed by atoms with E-state index in [4.69, 9.17) is 9.57 Å². The van der Waals surface area contributed by atoms with Crippen molar-refractivity contribution in [3.63, 3.8) is 0 Å². The van der Waals surface area contributed by atoms with Gasteiger partial charge in [0.25, 0.3) is 11.8 Å². The van der Waals surface area contributed by atoms with Gasteiger partial charge in [-0.15, -0.1) is 0 Å². The van der Waals surface area contributed by atoms with Gasteiger partial charge >= 0.3 is 11.9 Å². The Morgan fingerprint density at radius 3 is 2.15 bits per heavy atom. The number of hydroxylamine groups is 2. The lowest BCUT2D eigenvalue weighted by atomic mass is 9.35. The van der Waals surface area contributed by atoms with Crippen molar-refractivity contribution in [3.8, 4) is 0 Å². The topological polar surface area (TPSA) is 90.0 Å². The average molecular weight is 422 g/mol. The molecule has 26 heavy (non-hydrogen) atoms. The summed E-state index contributed by atoms with van der Waals surface area (Å²) in [6, 6.07) is 6.29. The van der Waals surface area contributed by atoms with E-state index in [0.717, 1.165) is 6.42 Å². The van der Waals surface area contributed by atoms with Crippen molar-refractivity contribution in [2.24, 2.45) is 10.8 Å². The highest BCUT2D eigenvalue weighted by atomic mass is 79.9. The Bertz CT molecular complexity index is 809. The zero-order valence-electron chi connectivity index (χ0n) is 14.0. The number of alkyl halides is 1. The Labute approximate surface area is 157 Å². The molecule has 8 heteroatoms. The first kappa shape index (κ1) is 17.2. The minimum Gasteiger partial charge on any atom is -0.465 e. The fourth-order valence-corrected chi connectivity index (χ4v) is 4.98. The second-order valence-electron chi connectivity index (χ2n) is 6.99. The molecule has 3 saturated carbocycles. The third kappa shape index (κ3) is 1.99. The number of rotatable bonds is 5. The van der Waals surface area contributed by atoms with Crippen molar-refractivity contribution < 1.29 is 28.8 Å². The van der Waals surface area contributed by atoms with Crippen molar-refractivity contribution in [2.45, 2.75) is 31.0 Å². The zero-order chi connectivity index (χ0) is 18.7. The number of hydrogen-bond donors (Lipinski definition) is 0. The highest BCUT2D eigenvalue weighted by Crippen LogP contribution is 2.76. The van der Waals surface area contributed by atoms with Crippen molar-refractivity contribution in [2.75, 3.05) is 6.61 Å². The quantitative estimate of drug-likeness (QED) is 0.411. The highest BCUT2D eigenvalue weighted by molar-refractivity contribution is 9.09. The second kappa shape index (κ2) is 5.64. The minimum atomic E-state index is -0.902. The predicted molar refractivity (Wildman–Crippen MR) is 91.1 cm³/mol. The van der Waals surface area contributed by atoms with Gasteiger partial charge in [-0.25, -0.2) is 4.79 Å². The van der Waals surface area contributed by atoms with E-state index in [-0.39, 0.29) is 17.1 Å². The lowest BCUT2D eigenvalue weighted by molar-refractivity contribution is -0.242. The summed E-state index contributed by atoms with van der Waals surface area (Å²) in [7, 11) is 0. The number of imide groups is 1. The Morgan fingerprint density at radius 1 is 1.12 bits per heavy atom. The Kier molecular flexibility index (Phi) is 3.73. The molecule has 0 radical (unpaired) electrons. The van der Waals surface area contributed by atoms with E-state index in [1.54, 1.807) is 12.1 Å². The molecule has 1 aliphatic heterocycles. The van der Waals surface area contributed by atoms with Gasteiger partial charge in [-0.2, -0.15) is 0 Å². The molecule has 2 amide bonds. The average Bonchev–Trinajstić information content (AvgIpc) is 2.84. The molecule has 3 aliphatic carbocycles. The normalized spacial score (nSPS) is 31.0. The maximum absolute atomic E-state index is 12.6. The molecule has 1 heterocycles. The molecule has 4 aliphatic rings. The summed E-state index contributed by atoms with van der Waals surface area (Å²) < 4.78 is 5.20. The van der Waals surface area contributed by atoms with Crippen LogP contribution >= 0.6 is 15.9 Å². The van der Waals surface area contributed by atoms with Crippen LogP contribution in [0, 0.1) is 10.8 Å². The monoisotopic (exact) mass is 421 g/mol. The van der Waals surface area contributed by atoms with Crippen LogP contribution in [0.2, 0.25) is 0 Å². The standard InChI is InChI=1S/C18H16BrNO6/c1-2-7-25-15(23)17-8-18(9-17,14(17)19)16(24)26-20-12(21)10-5-3-4-6-11(10)13(20)22/h3-6,14H,2,7-9H2,1H3. The van der Waals surface area contributed by atoms with Gasteiger partial charge in [0.1, 0.15) is 0 Å². The van der Waals surface area contributed by atoms with E-state index in [9.17, 15) is 19.2 Å². The van der Waals surface area contributed by atoms with Crippen LogP contribution in [0.25, 0.3) is 0 Å². The number of hydrogen-bond acceptors (Lipinski definition) is 6. The molecule has 1 aromatic rings. The van der Waals surface area contributed by atoms with Gasteiger partial charge in [0.2, 0.25) is 0 Å². The summed E-state index contributed by atoms with van der Waals surface area (Å²) >= 11 is 3.40. The van der Waals surface area contributed by atoms with E-state index in [1.807, 2.05) is 6.92 Å². The number of halogens is 1. The number of amides is 2. The van der Waals surface area contributed by atoms with Crippen LogP contribution in [0.1, 0.15) is 46.9 Å². The van der Waals surface area contributed by atoms with E-state index in [0.29, 0.717) is 24.5 Å². The summed E-state index contributed by atoms with van der Waals surface area (Å²) in [4.78, 5) is 54.2. The van der Waals surface area contributed by atoms with Crippen molar-refractivity contribution in [1.82, 2.24) is 5.06 Å². The van der Waals surface area contributed by atoms with Gasteiger partial charge in [-0.1, -0.05) is 40.0 Å². The molecule has 0 aromatic heterocycles. The Balaban J connectivity index is 1.45. The van der Waals surface area contributed by atoms with Crippen LogP contribution in [-0.4, -0.2) is 40.3 Å². The molecule has 7 nitrogen and oxygen atoms in total. The van der Waals surface area contributed by atoms with Crippen LogP contribution in [0.5, 0.6) is 0 Å². The van der Waals surface area contributed by atoms with E-state index >= 15 is 0 Å². The molecule has 1 aromatic carbocycles. The van der Waals surface area contributed by atoms with Gasteiger partial charge in [0.05, 0.1) is 28.6 Å². The molecule has 0 saturated heterocycles. The van der Waals surface area contributed by atoms with Crippen molar-refractivity contribution in [3.05, 3.63) is 35.4 Å². The number of carbonyl (C=O) groups excluding carboxylic acids is 4. The maximum atomic E-state index is 12.6. The van der Waals surface area contributed by atoms with Gasteiger partial charge in [-0.3, -0.25) is 14.4 Å². The van der Waals surface area contributed by atoms with Crippen LogP contribution in [0.15, 0.2) is 24.3 Å². The summed E-state index contributed by atoms with van der Waals surface area (Å²) in [5, 5.41) is 0.509. The van der Waals surface area contributed by atoms with Gasteiger partial charge in [-0.05, 0) is 31.4 Å². The lowest BCUT2D eigenvalue weighted by Crippen LogP contribution is -2.78. The smallest absolute Gasteiger partial charge is 0.340 e. The largest absolute Gasteiger partial charge is 0.465 e. The number of benzene rings is 1. The predicted octanol–water partition coefficient (Wildman–Crippen LogP) is 2.24. The minimum absolute atomic E-state index is 0.206. The first-order chi connectivity index (χ1) is 12.4. The number of ether oxygens (including phenoxy) is 1. The van der Waals surface area contributed by atoms with Gasteiger partial charge in [0, 0.05) is 4.83 Å². The summed E-state index contributed by atoms with van der Waals surface area (Å²) in [6.45, 7) is 2.24. The molecular weight excluding hydrogens is 406 g/mol. The fraction of sp³-hybridized carbons (Fsp3) is 0.444. The van der Waals surface area contributed by atoms with Gasteiger partial charge in [0.15, 0.2) is 0 Å². The van der Waals surface area contributed by atoms with Crippen LogP contribution in [-0.2, 0) is 19.2 Å². The van der Waals surface area contributed by atoms with E-state index in [2.05, 4.69) is 15.9 Å². The molecule has 0 N–H and O–H groups in total. The number of carbonyl (C=O) groups is 4. The zero-order valence-corrected chi connectivity index (χ0v) is 15.6. The first-order valence-corrected chi connectivity index (χ1v) is 9.30. The molecule has 0 spiro atoms. The summed E-state index contributed by atoms with van der Waals surface area (Å²) in [6.07, 6.45) is 1.31. The molecule has 5 rings (SSSR count). The third-order valence-corrected chi connectivity index (χ3v) is 7.17. The Hall–Kier alpha value is -2.22. The number of fused-ring (bicyclic) bond motifs is 1. The van der Waals surface area contributed by atoms with Crippen LogP contribution < -0.4 is 0 Å². The SMILES string of the molecule is CCCOC(=O)C12CC(C(=O)ON3C(=O)c4ccccc4C3=O)(C1)C2Br. The van der Waals surface area contributed by atoms with E-state index < -0.39 is 33.4 Å². The van der Waals surface area contributed by atoms with Crippen LogP contribution in [0.3, 0.4) is 0 Å². The van der Waals surface area contributed by atoms with E-state index in [1.165, 1.54) is 12.1 Å². The summed E-state index contributed by atoms with van der Waals surface area (Å²) in [5.41, 5.74) is -1.20. The van der Waals surface area contributed by atoms with Crippen molar-refractivity contribution >= 4 is 39.7 Å².